The predicted molar refractivity (Wildman–Crippen MR) is 117 cm³/mol. The standard InChI is InChI=1S/C23H22ClN3O4/c1-13(2)14-6-5-7-15(10-14)25-19(28)11-27-18-12-31-22(29)20(18)21(26-23(27)30)16-8-3-4-9-17(16)24/h3-10,13,21H,11-12H2,1-2H3,(H,25,28)(H,26,30)/t21-/m1/s1. The molecular formula is C23H22ClN3O4. The third-order valence-electron chi connectivity index (χ3n) is 5.35. The van der Waals surface area contributed by atoms with Crippen molar-refractivity contribution in [1.82, 2.24) is 10.2 Å². The van der Waals surface area contributed by atoms with Gasteiger partial charge in [0.05, 0.1) is 17.3 Å². The Hall–Kier alpha value is -3.32. The van der Waals surface area contributed by atoms with Crippen LogP contribution in [0.25, 0.3) is 0 Å². The Kier molecular flexibility index (Phi) is 5.69. The van der Waals surface area contributed by atoms with Crippen molar-refractivity contribution in [2.24, 2.45) is 0 Å². The number of nitrogens with one attached hydrogen (secondary N) is 2. The second kappa shape index (κ2) is 8.43. The fourth-order valence-corrected chi connectivity index (χ4v) is 3.99. The van der Waals surface area contributed by atoms with E-state index in [1.54, 1.807) is 30.3 Å². The van der Waals surface area contributed by atoms with Gasteiger partial charge in [-0.3, -0.25) is 9.69 Å². The molecule has 2 N–H and O–H groups in total. The van der Waals surface area contributed by atoms with Gasteiger partial charge >= 0.3 is 12.0 Å². The lowest BCUT2D eigenvalue weighted by molar-refractivity contribution is -0.136. The number of hydrogen-bond donors (Lipinski definition) is 2. The normalized spacial score (nSPS) is 18.1. The lowest BCUT2D eigenvalue weighted by Gasteiger charge is -2.32. The lowest BCUT2D eigenvalue weighted by Crippen LogP contribution is -2.49. The van der Waals surface area contributed by atoms with Crippen LogP contribution in [0, 0.1) is 0 Å². The number of carbonyl (C=O) groups is 3. The highest BCUT2D eigenvalue weighted by molar-refractivity contribution is 6.31. The van der Waals surface area contributed by atoms with Crippen LogP contribution in [-0.4, -0.2) is 36.0 Å². The highest BCUT2D eigenvalue weighted by Crippen LogP contribution is 2.37. The van der Waals surface area contributed by atoms with Crippen molar-refractivity contribution in [2.45, 2.75) is 25.8 Å². The second-order valence-electron chi connectivity index (χ2n) is 7.76. The fourth-order valence-electron chi connectivity index (χ4n) is 3.74. The van der Waals surface area contributed by atoms with Crippen molar-refractivity contribution in [3.8, 4) is 0 Å². The zero-order valence-electron chi connectivity index (χ0n) is 17.1. The molecule has 3 amide bonds. The molecule has 2 aliphatic rings. The Labute approximate surface area is 185 Å². The first kappa shape index (κ1) is 20.9. The minimum Gasteiger partial charge on any atom is -0.456 e. The van der Waals surface area contributed by atoms with Gasteiger partial charge in [0.2, 0.25) is 5.91 Å². The van der Waals surface area contributed by atoms with Crippen molar-refractivity contribution in [1.29, 1.82) is 0 Å². The Morgan fingerprint density at radius 3 is 2.74 bits per heavy atom. The fraction of sp³-hybridized carbons (Fsp3) is 0.261. The zero-order valence-corrected chi connectivity index (χ0v) is 17.9. The Morgan fingerprint density at radius 2 is 2.00 bits per heavy atom. The van der Waals surface area contributed by atoms with Gasteiger partial charge in [0, 0.05) is 10.7 Å². The molecule has 2 aliphatic heterocycles. The number of benzene rings is 2. The molecule has 0 aromatic heterocycles. The van der Waals surface area contributed by atoms with Crippen LogP contribution in [0.15, 0.2) is 59.8 Å². The highest BCUT2D eigenvalue weighted by atomic mass is 35.5. The third kappa shape index (κ3) is 4.14. The van der Waals surface area contributed by atoms with Crippen molar-refractivity contribution >= 4 is 35.2 Å². The SMILES string of the molecule is CC(C)c1cccc(NC(=O)CN2C(=O)N[C@H](c3ccccc3Cl)C3=C2COC3=O)c1. The van der Waals surface area contributed by atoms with Gasteiger partial charge < -0.3 is 15.4 Å². The van der Waals surface area contributed by atoms with Crippen LogP contribution in [0.5, 0.6) is 0 Å². The summed E-state index contributed by atoms with van der Waals surface area (Å²) in [4.78, 5) is 39.2. The van der Waals surface area contributed by atoms with Gasteiger partial charge in [-0.05, 0) is 35.2 Å². The summed E-state index contributed by atoms with van der Waals surface area (Å²) >= 11 is 6.29. The van der Waals surface area contributed by atoms with Gasteiger partial charge in [0.15, 0.2) is 0 Å². The van der Waals surface area contributed by atoms with E-state index in [1.807, 2.05) is 18.2 Å². The summed E-state index contributed by atoms with van der Waals surface area (Å²) in [5.41, 5.74) is 3.01. The Bertz CT molecular complexity index is 1100. The molecule has 8 heteroatoms. The van der Waals surface area contributed by atoms with Crippen LogP contribution in [-0.2, 0) is 14.3 Å². The summed E-state index contributed by atoms with van der Waals surface area (Å²) in [6, 6.07) is 13.3. The monoisotopic (exact) mass is 439 g/mol. The van der Waals surface area contributed by atoms with Crippen molar-refractivity contribution in [2.75, 3.05) is 18.5 Å². The molecule has 160 valence electrons. The van der Waals surface area contributed by atoms with Crippen LogP contribution in [0.4, 0.5) is 10.5 Å². The van der Waals surface area contributed by atoms with E-state index in [0.717, 1.165) is 5.56 Å². The van der Waals surface area contributed by atoms with Crippen LogP contribution >= 0.6 is 11.6 Å². The summed E-state index contributed by atoms with van der Waals surface area (Å²) in [6.07, 6.45) is 0. The van der Waals surface area contributed by atoms with Crippen LogP contribution < -0.4 is 10.6 Å². The minimum absolute atomic E-state index is 0.0708. The quantitative estimate of drug-likeness (QED) is 0.690. The van der Waals surface area contributed by atoms with Crippen molar-refractivity contribution in [3.05, 3.63) is 76.0 Å². The van der Waals surface area contributed by atoms with E-state index in [0.29, 0.717) is 33.5 Å². The van der Waals surface area contributed by atoms with E-state index in [9.17, 15) is 14.4 Å². The van der Waals surface area contributed by atoms with E-state index >= 15 is 0 Å². The first-order valence-electron chi connectivity index (χ1n) is 9.97. The molecule has 7 nitrogen and oxygen atoms in total. The highest BCUT2D eigenvalue weighted by Gasteiger charge is 2.43. The Morgan fingerprint density at radius 1 is 1.23 bits per heavy atom. The molecule has 2 aromatic carbocycles. The molecule has 0 saturated heterocycles. The smallest absolute Gasteiger partial charge is 0.338 e. The van der Waals surface area contributed by atoms with Crippen molar-refractivity contribution < 1.29 is 19.1 Å². The lowest BCUT2D eigenvalue weighted by atomic mass is 9.95. The van der Waals surface area contributed by atoms with E-state index in [4.69, 9.17) is 16.3 Å². The number of rotatable bonds is 5. The molecule has 0 spiro atoms. The van der Waals surface area contributed by atoms with Gasteiger partial charge in [-0.1, -0.05) is 55.8 Å². The molecule has 2 heterocycles. The summed E-state index contributed by atoms with van der Waals surface area (Å²) in [5, 5.41) is 6.03. The topological polar surface area (TPSA) is 87.7 Å². The molecule has 4 rings (SSSR count). The number of amides is 3. The summed E-state index contributed by atoms with van der Waals surface area (Å²) in [5.74, 6) is -0.589. The number of carbonyl (C=O) groups excluding carboxylic acids is 3. The number of cyclic esters (lactones) is 1. The van der Waals surface area contributed by atoms with E-state index < -0.39 is 18.0 Å². The molecule has 1 atom stereocenters. The van der Waals surface area contributed by atoms with Crippen molar-refractivity contribution in [3.63, 3.8) is 0 Å². The van der Waals surface area contributed by atoms with Gasteiger partial charge in [-0.2, -0.15) is 0 Å². The summed E-state index contributed by atoms with van der Waals surface area (Å²) in [6.45, 7) is 3.82. The summed E-state index contributed by atoms with van der Waals surface area (Å²) in [7, 11) is 0. The Balaban J connectivity index is 1.58. The minimum atomic E-state index is -0.728. The number of anilines is 1. The second-order valence-corrected chi connectivity index (χ2v) is 8.16. The van der Waals surface area contributed by atoms with Gasteiger partial charge in [-0.25, -0.2) is 9.59 Å². The molecule has 0 bridgehead atoms. The number of esters is 1. The molecule has 0 aliphatic carbocycles. The molecule has 0 radical (unpaired) electrons. The van der Waals surface area contributed by atoms with Crippen LogP contribution in [0.2, 0.25) is 5.02 Å². The third-order valence-corrected chi connectivity index (χ3v) is 5.70. The summed E-state index contributed by atoms with van der Waals surface area (Å²) < 4.78 is 5.19. The van der Waals surface area contributed by atoms with E-state index in [-0.39, 0.29) is 19.1 Å². The average Bonchev–Trinajstić information content (AvgIpc) is 3.12. The molecule has 0 saturated carbocycles. The number of urea groups is 1. The van der Waals surface area contributed by atoms with Gasteiger partial charge in [-0.15, -0.1) is 0 Å². The predicted octanol–water partition coefficient (Wildman–Crippen LogP) is 3.98. The number of halogens is 1. The number of hydrogen-bond acceptors (Lipinski definition) is 4. The molecule has 0 unspecified atom stereocenters. The van der Waals surface area contributed by atoms with E-state index in [1.165, 1.54) is 4.90 Å². The zero-order chi connectivity index (χ0) is 22.1. The van der Waals surface area contributed by atoms with Gasteiger partial charge in [0.25, 0.3) is 0 Å². The average molecular weight is 440 g/mol. The maximum absolute atomic E-state index is 12.9. The molecule has 0 fully saturated rings. The van der Waals surface area contributed by atoms with Crippen LogP contribution in [0.1, 0.15) is 36.9 Å². The maximum atomic E-state index is 12.9. The molecular weight excluding hydrogens is 418 g/mol. The van der Waals surface area contributed by atoms with E-state index in [2.05, 4.69) is 24.5 Å². The van der Waals surface area contributed by atoms with Crippen LogP contribution in [0.3, 0.4) is 0 Å². The first-order chi connectivity index (χ1) is 14.8. The maximum Gasteiger partial charge on any atom is 0.338 e. The largest absolute Gasteiger partial charge is 0.456 e. The molecule has 2 aromatic rings. The molecule has 31 heavy (non-hydrogen) atoms. The number of nitrogens with zero attached hydrogens (tertiary/aromatic N) is 1. The number of ether oxygens (including phenoxy) is 1. The first-order valence-corrected chi connectivity index (χ1v) is 10.4. The van der Waals surface area contributed by atoms with Gasteiger partial charge in [0.1, 0.15) is 13.2 Å².